The van der Waals surface area contributed by atoms with Crippen LogP contribution in [0.1, 0.15) is 5.56 Å². The first-order valence-corrected chi connectivity index (χ1v) is 2.25. The van der Waals surface area contributed by atoms with Crippen molar-refractivity contribution >= 4 is 0 Å². The first-order chi connectivity index (χ1) is 3.79. The van der Waals surface area contributed by atoms with Crippen molar-refractivity contribution in [2.24, 2.45) is 0 Å². The molecule has 0 aliphatic carbocycles. The molecule has 1 rings (SSSR count). The fourth-order valence-corrected chi connectivity index (χ4v) is 0.474. The SMILES string of the molecule is [CH2]c1cncc(O)c1. The molecule has 1 N–H and O–H groups in total. The van der Waals surface area contributed by atoms with Crippen molar-refractivity contribution in [1.29, 1.82) is 0 Å². The Hall–Kier alpha value is -1.05. The standard InChI is InChI=1S/C6H6NO/c1-5-2-6(8)4-7-3-5/h2-4,8H,1H2. The Kier molecular flexibility index (Phi) is 1.16. The highest BCUT2D eigenvalue weighted by molar-refractivity contribution is 5.23. The number of hydrogen-bond acceptors (Lipinski definition) is 2. The lowest BCUT2D eigenvalue weighted by molar-refractivity contribution is 0.472. The van der Waals surface area contributed by atoms with Crippen molar-refractivity contribution in [2.75, 3.05) is 0 Å². The molecule has 2 heteroatoms. The minimum atomic E-state index is 0.164. The predicted molar refractivity (Wildman–Crippen MR) is 30.4 cm³/mol. The summed E-state index contributed by atoms with van der Waals surface area (Å²) in [4.78, 5) is 3.67. The number of aromatic nitrogens is 1. The van der Waals surface area contributed by atoms with Crippen LogP contribution in [0.2, 0.25) is 0 Å². The van der Waals surface area contributed by atoms with Gasteiger partial charge in [-0.25, -0.2) is 0 Å². The average molecular weight is 108 g/mol. The summed E-state index contributed by atoms with van der Waals surface area (Å²) < 4.78 is 0. The summed E-state index contributed by atoms with van der Waals surface area (Å²) in [5.41, 5.74) is 0.727. The maximum Gasteiger partial charge on any atom is 0.134 e. The Labute approximate surface area is 47.8 Å². The van der Waals surface area contributed by atoms with Crippen molar-refractivity contribution in [1.82, 2.24) is 4.98 Å². The van der Waals surface area contributed by atoms with Crippen LogP contribution in [-0.2, 0) is 0 Å². The Morgan fingerprint density at radius 1 is 1.50 bits per heavy atom. The molecule has 0 saturated heterocycles. The topological polar surface area (TPSA) is 33.1 Å². The van der Waals surface area contributed by atoms with Gasteiger partial charge in [-0.15, -0.1) is 0 Å². The van der Waals surface area contributed by atoms with Gasteiger partial charge < -0.3 is 5.11 Å². The molecule has 0 aliphatic rings. The monoisotopic (exact) mass is 108 g/mol. The van der Waals surface area contributed by atoms with Gasteiger partial charge in [-0.2, -0.15) is 0 Å². The van der Waals surface area contributed by atoms with E-state index in [2.05, 4.69) is 11.9 Å². The molecule has 0 spiro atoms. The number of rotatable bonds is 0. The molecular formula is C6H6NO. The van der Waals surface area contributed by atoms with Crippen LogP contribution < -0.4 is 0 Å². The van der Waals surface area contributed by atoms with Gasteiger partial charge in [-0.3, -0.25) is 4.98 Å². The van der Waals surface area contributed by atoms with E-state index in [4.69, 9.17) is 5.11 Å². The van der Waals surface area contributed by atoms with Gasteiger partial charge >= 0.3 is 0 Å². The van der Waals surface area contributed by atoms with E-state index >= 15 is 0 Å². The van der Waals surface area contributed by atoms with Gasteiger partial charge in [0.25, 0.3) is 0 Å². The van der Waals surface area contributed by atoms with Crippen molar-refractivity contribution in [3.63, 3.8) is 0 Å². The van der Waals surface area contributed by atoms with Gasteiger partial charge in [-0.1, -0.05) is 0 Å². The molecule has 0 aromatic carbocycles. The van der Waals surface area contributed by atoms with E-state index < -0.39 is 0 Å². The zero-order valence-electron chi connectivity index (χ0n) is 4.33. The van der Waals surface area contributed by atoms with Crippen LogP contribution in [0.4, 0.5) is 0 Å². The molecule has 8 heavy (non-hydrogen) atoms. The van der Waals surface area contributed by atoms with Gasteiger partial charge in [0.05, 0.1) is 6.20 Å². The van der Waals surface area contributed by atoms with Gasteiger partial charge in [0, 0.05) is 6.20 Å². The summed E-state index contributed by atoms with van der Waals surface area (Å²) in [5, 5.41) is 8.71. The average Bonchev–Trinajstić information content (AvgIpc) is 1.64. The summed E-state index contributed by atoms with van der Waals surface area (Å²) in [6.07, 6.45) is 2.95. The third-order valence-electron chi connectivity index (χ3n) is 0.780. The minimum Gasteiger partial charge on any atom is -0.506 e. The van der Waals surface area contributed by atoms with Crippen molar-refractivity contribution < 1.29 is 5.11 Å². The normalized spacial score (nSPS) is 9.12. The highest BCUT2D eigenvalue weighted by Gasteiger charge is 1.84. The Morgan fingerprint density at radius 3 is 2.62 bits per heavy atom. The van der Waals surface area contributed by atoms with Gasteiger partial charge in [0.1, 0.15) is 5.75 Å². The Balaban J connectivity index is 3.08. The lowest BCUT2D eigenvalue weighted by atomic mass is 10.3. The lowest BCUT2D eigenvalue weighted by Gasteiger charge is -1.89. The van der Waals surface area contributed by atoms with Gasteiger partial charge in [0.15, 0.2) is 0 Å². The van der Waals surface area contributed by atoms with Crippen LogP contribution in [0.3, 0.4) is 0 Å². The number of nitrogens with zero attached hydrogens (tertiary/aromatic N) is 1. The maximum atomic E-state index is 8.71. The Bertz CT molecular complexity index is 168. The third-order valence-corrected chi connectivity index (χ3v) is 0.780. The second kappa shape index (κ2) is 1.82. The van der Waals surface area contributed by atoms with Crippen molar-refractivity contribution in [2.45, 2.75) is 0 Å². The fraction of sp³-hybridized carbons (Fsp3) is 0. The molecule has 1 heterocycles. The molecule has 1 aromatic rings. The first-order valence-electron chi connectivity index (χ1n) is 2.25. The van der Waals surface area contributed by atoms with E-state index in [1.54, 1.807) is 12.3 Å². The Morgan fingerprint density at radius 2 is 2.25 bits per heavy atom. The summed E-state index contributed by atoms with van der Waals surface area (Å²) in [5.74, 6) is 0.164. The number of pyridine rings is 1. The number of aromatic hydroxyl groups is 1. The van der Waals surface area contributed by atoms with Gasteiger partial charge in [-0.05, 0) is 18.6 Å². The first kappa shape index (κ1) is 5.09. The lowest BCUT2D eigenvalue weighted by Crippen LogP contribution is -1.72. The fourth-order valence-electron chi connectivity index (χ4n) is 0.474. The third kappa shape index (κ3) is 0.964. The summed E-state index contributed by atoms with van der Waals surface area (Å²) >= 11 is 0. The summed E-state index contributed by atoms with van der Waals surface area (Å²) in [7, 11) is 0. The van der Waals surface area contributed by atoms with Crippen LogP contribution in [0.25, 0.3) is 0 Å². The molecule has 0 fully saturated rings. The quantitative estimate of drug-likeness (QED) is 0.537. The van der Waals surface area contributed by atoms with Crippen LogP contribution in [-0.4, -0.2) is 10.1 Å². The summed E-state index contributed by atoms with van der Waals surface area (Å²) in [6.45, 7) is 3.56. The molecule has 0 bridgehead atoms. The van der Waals surface area contributed by atoms with Crippen molar-refractivity contribution in [3.8, 4) is 5.75 Å². The molecule has 0 atom stereocenters. The molecule has 41 valence electrons. The van der Waals surface area contributed by atoms with E-state index in [0.29, 0.717) is 0 Å². The highest BCUT2D eigenvalue weighted by atomic mass is 16.3. The maximum absolute atomic E-state index is 8.71. The van der Waals surface area contributed by atoms with Crippen LogP contribution >= 0.6 is 0 Å². The highest BCUT2D eigenvalue weighted by Crippen LogP contribution is 2.05. The largest absolute Gasteiger partial charge is 0.506 e. The molecule has 0 aliphatic heterocycles. The van der Waals surface area contributed by atoms with E-state index in [1.165, 1.54) is 6.20 Å². The predicted octanol–water partition coefficient (Wildman–Crippen LogP) is 0.969. The molecule has 1 aromatic heterocycles. The molecule has 1 radical (unpaired) electrons. The van der Waals surface area contributed by atoms with Crippen LogP contribution in [0.5, 0.6) is 5.75 Å². The molecule has 0 unspecified atom stereocenters. The molecule has 0 saturated carbocycles. The van der Waals surface area contributed by atoms with E-state index in [1.807, 2.05) is 0 Å². The molecule has 2 nitrogen and oxygen atoms in total. The second-order valence-corrected chi connectivity index (χ2v) is 1.55. The molecule has 0 amide bonds. The zero-order valence-corrected chi connectivity index (χ0v) is 4.33. The van der Waals surface area contributed by atoms with Gasteiger partial charge in [0.2, 0.25) is 0 Å². The van der Waals surface area contributed by atoms with E-state index in [9.17, 15) is 0 Å². The summed E-state index contributed by atoms with van der Waals surface area (Å²) in [6, 6.07) is 1.55. The van der Waals surface area contributed by atoms with Crippen LogP contribution in [0.15, 0.2) is 18.5 Å². The van der Waals surface area contributed by atoms with E-state index in [-0.39, 0.29) is 5.75 Å². The molecular weight excluding hydrogens is 102 g/mol. The number of hydrogen-bond donors (Lipinski definition) is 1. The van der Waals surface area contributed by atoms with Crippen molar-refractivity contribution in [3.05, 3.63) is 30.9 Å². The zero-order chi connectivity index (χ0) is 5.98. The van der Waals surface area contributed by atoms with Crippen LogP contribution in [0, 0.1) is 6.92 Å². The minimum absolute atomic E-state index is 0.164. The smallest absolute Gasteiger partial charge is 0.134 e. The second-order valence-electron chi connectivity index (χ2n) is 1.55. The van der Waals surface area contributed by atoms with E-state index in [0.717, 1.165) is 5.56 Å².